The molecule has 7 rings (SSSR count). The molecule has 0 radical (unpaired) electrons. The standard InChI is InChI=1S/C40H29Cl3N2O9S2/c41-26-13-15-30(29(43)18-26)52-31-16-14-27(42)19-32(31)53-40(49)51-21-25-22-56(50)38-34(44-33(46)20-28-12-7-17-55-28)37(47)45(38)35(25)39(48)54-36(23-8-3-1-4-9-23)24-10-5-2-6-11-24/h1-19,34,36,38H,20-22H2,(H,44,46)/t34?,38-,56?/m0/s1. The van der Waals surface area contributed by atoms with Crippen molar-refractivity contribution < 1.29 is 42.3 Å². The second-order valence-electron chi connectivity index (χ2n) is 12.4. The van der Waals surface area contributed by atoms with Crippen LogP contribution in [-0.2, 0) is 41.1 Å². The van der Waals surface area contributed by atoms with Gasteiger partial charge in [0.1, 0.15) is 29.5 Å². The fourth-order valence-electron chi connectivity index (χ4n) is 6.08. The van der Waals surface area contributed by atoms with Crippen LogP contribution in [-0.4, -0.2) is 56.8 Å². The zero-order valence-electron chi connectivity index (χ0n) is 28.9. The number of hydrogen-bond donors (Lipinski definition) is 1. The average molecular weight is 852 g/mol. The van der Waals surface area contributed by atoms with Crippen molar-refractivity contribution in [3.8, 4) is 17.2 Å². The molecule has 2 aliphatic heterocycles. The molecule has 0 bridgehead atoms. The number of rotatable bonds is 12. The summed E-state index contributed by atoms with van der Waals surface area (Å²) in [6, 6.07) is 29.3. The highest BCUT2D eigenvalue weighted by atomic mass is 35.5. The summed E-state index contributed by atoms with van der Waals surface area (Å²) in [5.41, 5.74) is 1.09. The minimum atomic E-state index is -1.84. The molecule has 2 unspecified atom stereocenters. The van der Waals surface area contributed by atoms with Gasteiger partial charge < -0.3 is 24.3 Å². The van der Waals surface area contributed by atoms with Gasteiger partial charge >= 0.3 is 12.1 Å². The largest absolute Gasteiger partial charge is 0.514 e. The van der Waals surface area contributed by atoms with Gasteiger partial charge in [-0.3, -0.25) is 18.7 Å². The topological polar surface area (TPSA) is 138 Å². The molecule has 0 spiro atoms. The molecule has 5 aromatic rings. The second-order valence-corrected chi connectivity index (χ2v) is 16.2. The Balaban J connectivity index is 1.15. The van der Waals surface area contributed by atoms with Crippen LogP contribution < -0.4 is 14.8 Å². The molecule has 11 nitrogen and oxygen atoms in total. The van der Waals surface area contributed by atoms with E-state index in [9.17, 15) is 23.4 Å². The van der Waals surface area contributed by atoms with Crippen LogP contribution in [0.3, 0.4) is 0 Å². The normalized spacial score (nSPS) is 17.5. The number of ether oxygens (including phenoxy) is 4. The number of fused-ring (bicyclic) bond motifs is 1. The zero-order chi connectivity index (χ0) is 39.3. The Morgan fingerprint density at radius 1 is 0.839 bits per heavy atom. The lowest BCUT2D eigenvalue weighted by Gasteiger charge is -2.49. The monoisotopic (exact) mass is 850 g/mol. The van der Waals surface area contributed by atoms with E-state index in [0.29, 0.717) is 16.1 Å². The molecular weight excluding hydrogens is 823 g/mol. The van der Waals surface area contributed by atoms with Gasteiger partial charge in [-0.15, -0.1) is 11.3 Å². The maximum atomic E-state index is 14.3. The van der Waals surface area contributed by atoms with Crippen molar-refractivity contribution in [2.75, 3.05) is 12.4 Å². The first-order valence-corrected chi connectivity index (χ1v) is 20.3. The Bertz CT molecular complexity index is 2300. The fourth-order valence-corrected chi connectivity index (χ4v) is 9.06. The zero-order valence-corrected chi connectivity index (χ0v) is 32.8. The van der Waals surface area contributed by atoms with Crippen LogP contribution in [0.2, 0.25) is 15.1 Å². The Hall–Kier alpha value is -5.18. The molecular formula is C40H29Cl3N2O9S2. The number of thiophene rings is 1. The van der Waals surface area contributed by atoms with E-state index in [-0.39, 0.29) is 50.7 Å². The number of amides is 2. The van der Waals surface area contributed by atoms with Gasteiger partial charge in [-0.2, -0.15) is 0 Å². The van der Waals surface area contributed by atoms with Crippen LogP contribution in [0.25, 0.3) is 0 Å². The number of β-lactam (4-membered cyclic amide) rings is 1. The fraction of sp³-hybridized carbons (Fsp3) is 0.150. The minimum Gasteiger partial charge on any atom is -0.452 e. The van der Waals surface area contributed by atoms with Crippen LogP contribution in [0.15, 0.2) is 126 Å². The Morgan fingerprint density at radius 3 is 2.14 bits per heavy atom. The predicted octanol–water partition coefficient (Wildman–Crippen LogP) is 8.26. The molecule has 2 amide bonds. The van der Waals surface area contributed by atoms with E-state index < -0.39 is 58.9 Å². The highest BCUT2D eigenvalue weighted by Gasteiger charge is 2.57. The summed E-state index contributed by atoms with van der Waals surface area (Å²) in [5.74, 6) is -2.18. The van der Waals surface area contributed by atoms with Crippen LogP contribution in [0.5, 0.6) is 17.2 Å². The molecule has 1 N–H and O–H groups in total. The molecule has 286 valence electrons. The number of benzene rings is 4. The van der Waals surface area contributed by atoms with E-state index in [2.05, 4.69) is 5.32 Å². The summed E-state index contributed by atoms with van der Waals surface area (Å²) in [6.45, 7) is -0.609. The molecule has 0 saturated carbocycles. The van der Waals surface area contributed by atoms with Gasteiger partial charge in [0.05, 0.1) is 28.0 Å². The van der Waals surface area contributed by atoms with Crippen LogP contribution in [0.4, 0.5) is 4.79 Å². The first kappa shape index (κ1) is 39.1. The van der Waals surface area contributed by atoms with E-state index in [1.54, 1.807) is 66.7 Å². The average Bonchev–Trinajstić information content (AvgIpc) is 3.70. The third kappa shape index (κ3) is 8.77. The SMILES string of the molecule is O=C(Cc1cccs1)NC1C(=O)N2C(C(=O)OC(c3ccccc3)c3ccccc3)=C(COC(=O)Oc3cc(Cl)ccc3Oc3ccc(Cl)cc3Cl)CS(=O)[C@@H]12. The number of halogens is 3. The molecule has 2 aliphatic rings. The van der Waals surface area contributed by atoms with E-state index >= 15 is 0 Å². The van der Waals surface area contributed by atoms with Gasteiger partial charge in [0.2, 0.25) is 5.91 Å². The first-order chi connectivity index (χ1) is 27.0. The van der Waals surface area contributed by atoms with Crippen LogP contribution >= 0.6 is 46.1 Å². The summed E-state index contributed by atoms with van der Waals surface area (Å²) < 4.78 is 36.7. The summed E-state index contributed by atoms with van der Waals surface area (Å²) in [4.78, 5) is 56.0. The first-order valence-electron chi connectivity index (χ1n) is 16.9. The van der Waals surface area contributed by atoms with Crippen molar-refractivity contribution >= 4 is 80.9 Å². The molecule has 16 heteroatoms. The van der Waals surface area contributed by atoms with Gasteiger partial charge in [-0.05, 0) is 52.9 Å². The number of nitrogens with zero attached hydrogens (tertiary/aromatic N) is 1. The maximum Gasteiger partial charge on any atom is 0.514 e. The number of carbonyl (C=O) groups excluding carboxylic acids is 4. The van der Waals surface area contributed by atoms with E-state index in [4.69, 9.17) is 53.8 Å². The van der Waals surface area contributed by atoms with E-state index in [1.807, 2.05) is 17.5 Å². The highest BCUT2D eigenvalue weighted by Crippen LogP contribution is 2.39. The van der Waals surface area contributed by atoms with Crippen molar-refractivity contribution in [1.29, 1.82) is 0 Å². The lowest BCUT2D eigenvalue weighted by Crippen LogP contribution is -2.73. The smallest absolute Gasteiger partial charge is 0.452 e. The molecule has 3 atom stereocenters. The van der Waals surface area contributed by atoms with Crippen molar-refractivity contribution in [3.05, 3.63) is 157 Å². The number of nitrogens with one attached hydrogen (secondary N) is 1. The van der Waals surface area contributed by atoms with Gasteiger partial charge in [0.25, 0.3) is 5.91 Å². The summed E-state index contributed by atoms with van der Waals surface area (Å²) in [5, 5.41) is 4.22. The van der Waals surface area contributed by atoms with Gasteiger partial charge in [-0.1, -0.05) is 102 Å². The quantitative estimate of drug-likeness (QED) is 0.0747. The summed E-state index contributed by atoms with van der Waals surface area (Å²) in [7, 11) is -1.84. The van der Waals surface area contributed by atoms with Crippen molar-refractivity contribution in [3.63, 3.8) is 0 Å². The lowest BCUT2D eigenvalue weighted by atomic mass is 10.0. The molecule has 1 saturated heterocycles. The molecule has 3 heterocycles. The maximum absolute atomic E-state index is 14.3. The lowest BCUT2D eigenvalue weighted by molar-refractivity contribution is -0.155. The van der Waals surface area contributed by atoms with E-state index in [0.717, 1.165) is 9.78 Å². The van der Waals surface area contributed by atoms with Crippen molar-refractivity contribution in [1.82, 2.24) is 10.2 Å². The van der Waals surface area contributed by atoms with Crippen LogP contribution in [0.1, 0.15) is 22.1 Å². The van der Waals surface area contributed by atoms with Gasteiger partial charge in [0.15, 0.2) is 17.6 Å². The molecule has 1 aromatic heterocycles. The number of carbonyl (C=O) groups is 4. The predicted molar refractivity (Wildman–Crippen MR) is 211 cm³/mol. The van der Waals surface area contributed by atoms with Gasteiger partial charge in [0, 0.05) is 26.6 Å². The summed E-state index contributed by atoms with van der Waals surface area (Å²) >= 11 is 19.9. The van der Waals surface area contributed by atoms with Gasteiger partial charge in [-0.25, -0.2) is 9.59 Å². The third-order valence-corrected chi connectivity index (χ3v) is 11.9. The van der Waals surface area contributed by atoms with Crippen molar-refractivity contribution in [2.45, 2.75) is 23.9 Å². The second kappa shape index (κ2) is 17.3. The molecule has 0 aliphatic carbocycles. The van der Waals surface area contributed by atoms with Crippen LogP contribution in [0, 0.1) is 0 Å². The minimum absolute atomic E-state index is 0.0225. The number of hydrogen-bond acceptors (Lipinski definition) is 10. The molecule has 56 heavy (non-hydrogen) atoms. The Morgan fingerprint density at radius 2 is 1.50 bits per heavy atom. The Kier molecular flexibility index (Phi) is 12.1. The summed E-state index contributed by atoms with van der Waals surface area (Å²) in [6.07, 6.45) is -2.11. The number of esters is 1. The Labute approximate surface area is 342 Å². The third-order valence-electron chi connectivity index (χ3n) is 8.64. The molecule has 1 fully saturated rings. The van der Waals surface area contributed by atoms with Crippen molar-refractivity contribution in [2.24, 2.45) is 0 Å². The highest BCUT2D eigenvalue weighted by molar-refractivity contribution is 7.86. The molecule has 4 aromatic carbocycles. The van der Waals surface area contributed by atoms with E-state index in [1.165, 1.54) is 41.7 Å².